The van der Waals surface area contributed by atoms with E-state index in [0.29, 0.717) is 5.56 Å². The summed E-state index contributed by atoms with van der Waals surface area (Å²) in [4.78, 5) is 0. The summed E-state index contributed by atoms with van der Waals surface area (Å²) in [5, 5.41) is 20.7. The van der Waals surface area contributed by atoms with Crippen molar-refractivity contribution >= 4 is 0 Å². The topological polar surface area (TPSA) is 56.0 Å². The van der Waals surface area contributed by atoms with Crippen molar-refractivity contribution in [2.24, 2.45) is 0 Å². The molecule has 0 fully saturated rings. The van der Waals surface area contributed by atoms with Gasteiger partial charge in [-0.05, 0) is 17.7 Å². The van der Waals surface area contributed by atoms with Gasteiger partial charge >= 0.3 is 0 Å². The van der Waals surface area contributed by atoms with Gasteiger partial charge in [-0.25, -0.2) is 4.39 Å². The summed E-state index contributed by atoms with van der Waals surface area (Å²) < 4.78 is 12.9. The van der Waals surface area contributed by atoms with Crippen LogP contribution in [-0.2, 0) is 0 Å². The van der Waals surface area contributed by atoms with E-state index in [4.69, 9.17) is 16.8 Å². The number of rotatable bonds is 3. The molecule has 1 atom stereocenters. The van der Waals surface area contributed by atoms with Crippen molar-refractivity contribution < 1.29 is 9.50 Å². The molecular weight excluding hydrogens is 195 g/mol. The Hall–Kier alpha value is -2.04. The van der Waals surface area contributed by atoms with E-state index in [2.05, 4.69) is 11.2 Å². The van der Waals surface area contributed by atoms with Crippen LogP contribution in [0.25, 0.3) is 0 Å². The van der Waals surface area contributed by atoms with E-state index in [1.807, 2.05) is 6.07 Å². The Morgan fingerprint density at radius 3 is 2.80 bits per heavy atom. The van der Waals surface area contributed by atoms with Crippen LogP contribution in [0.2, 0.25) is 0 Å². The van der Waals surface area contributed by atoms with Crippen molar-refractivity contribution in [1.82, 2.24) is 5.32 Å². The van der Waals surface area contributed by atoms with Crippen LogP contribution in [-0.4, -0.2) is 11.7 Å². The van der Waals surface area contributed by atoms with Gasteiger partial charge in [0.05, 0.1) is 12.6 Å². The monoisotopic (exact) mass is 204 g/mol. The molecule has 0 aliphatic carbocycles. The van der Waals surface area contributed by atoms with E-state index in [1.165, 1.54) is 12.1 Å². The maximum absolute atomic E-state index is 12.9. The lowest BCUT2D eigenvalue weighted by Crippen LogP contribution is -2.20. The number of aromatic hydroxyl groups is 1. The molecule has 0 bridgehead atoms. The lowest BCUT2D eigenvalue weighted by molar-refractivity contribution is 0.467. The first kappa shape index (κ1) is 11.0. The van der Waals surface area contributed by atoms with Gasteiger partial charge in [-0.2, -0.15) is 5.26 Å². The molecule has 1 aromatic rings. The average Bonchev–Trinajstić information content (AvgIpc) is 2.17. The molecule has 0 aliphatic heterocycles. The molecule has 3 nitrogen and oxygen atoms in total. The Balaban J connectivity index is 2.93. The smallest absolute Gasteiger partial charge is 0.127 e. The second-order valence-electron chi connectivity index (χ2n) is 2.89. The minimum Gasteiger partial charge on any atom is -0.508 e. The normalized spacial score (nSPS) is 11.4. The van der Waals surface area contributed by atoms with Gasteiger partial charge in [0.25, 0.3) is 0 Å². The number of nitrogens with zero attached hydrogens (tertiary/aromatic N) is 1. The summed E-state index contributed by atoms with van der Waals surface area (Å²) >= 11 is 0. The quantitative estimate of drug-likeness (QED) is 0.730. The van der Waals surface area contributed by atoms with Crippen molar-refractivity contribution in [3.63, 3.8) is 0 Å². The molecule has 4 heteroatoms. The van der Waals surface area contributed by atoms with Gasteiger partial charge in [0.15, 0.2) is 0 Å². The highest BCUT2D eigenvalue weighted by Gasteiger charge is 2.11. The first-order valence-electron chi connectivity index (χ1n) is 4.23. The van der Waals surface area contributed by atoms with E-state index >= 15 is 0 Å². The van der Waals surface area contributed by atoms with Crippen molar-refractivity contribution in [3.05, 3.63) is 29.6 Å². The van der Waals surface area contributed by atoms with Crippen LogP contribution in [0.15, 0.2) is 18.2 Å². The largest absolute Gasteiger partial charge is 0.508 e. The van der Waals surface area contributed by atoms with Crippen LogP contribution < -0.4 is 5.32 Å². The molecule has 1 aromatic carbocycles. The van der Waals surface area contributed by atoms with Crippen LogP contribution >= 0.6 is 0 Å². The second kappa shape index (κ2) is 4.99. The zero-order valence-corrected chi connectivity index (χ0v) is 7.87. The fraction of sp³-hybridized carbons (Fsp3) is 0.182. The Kier molecular flexibility index (Phi) is 3.68. The molecule has 15 heavy (non-hydrogen) atoms. The average molecular weight is 204 g/mol. The third-order valence-corrected chi connectivity index (χ3v) is 1.78. The molecule has 76 valence electrons. The molecule has 0 saturated carbocycles. The lowest BCUT2D eigenvalue weighted by Gasteiger charge is -2.09. The van der Waals surface area contributed by atoms with Crippen LogP contribution in [0, 0.1) is 29.5 Å². The number of benzene rings is 1. The highest BCUT2D eigenvalue weighted by atomic mass is 19.1. The van der Waals surface area contributed by atoms with Crippen LogP contribution in [0.1, 0.15) is 11.6 Å². The van der Waals surface area contributed by atoms with Crippen molar-refractivity contribution in [3.8, 4) is 24.2 Å². The van der Waals surface area contributed by atoms with E-state index in [0.717, 1.165) is 6.07 Å². The summed E-state index contributed by atoms with van der Waals surface area (Å²) in [6, 6.07) is 4.67. The predicted molar refractivity (Wildman–Crippen MR) is 53.3 cm³/mol. The molecule has 0 aromatic heterocycles. The number of halogens is 1. The highest BCUT2D eigenvalue weighted by Crippen LogP contribution is 2.19. The number of hydrogen-bond donors (Lipinski definition) is 2. The molecule has 0 spiro atoms. The summed E-state index contributed by atoms with van der Waals surface area (Å²) in [7, 11) is 0. The van der Waals surface area contributed by atoms with E-state index < -0.39 is 11.9 Å². The van der Waals surface area contributed by atoms with Gasteiger partial charge in [-0.3, -0.25) is 5.32 Å². The maximum Gasteiger partial charge on any atom is 0.127 e. The van der Waals surface area contributed by atoms with Gasteiger partial charge in [0, 0.05) is 6.07 Å². The molecule has 0 aliphatic rings. The summed E-state index contributed by atoms with van der Waals surface area (Å²) in [5.41, 5.74) is 0.352. The number of nitrogens with one attached hydrogen (secondary N) is 1. The molecule has 0 saturated heterocycles. The molecule has 0 radical (unpaired) electrons. The maximum atomic E-state index is 12.9. The van der Waals surface area contributed by atoms with Gasteiger partial charge in [-0.15, -0.1) is 6.42 Å². The van der Waals surface area contributed by atoms with E-state index in [9.17, 15) is 4.39 Å². The first-order valence-corrected chi connectivity index (χ1v) is 4.23. The number of phenolic OH excluding ortho intramolecular Hbond substituents is 1. The van der Waals surface area contributed by atoms with Crippen molar-refractivity contribution in [1.29, 1.82) is 5.26 Å². The SMILES string of the molecule is C#CCNC(C#N)c1cc(O)cc(F)c1. The highest BCUT2D eigenvalue weighted by molar-refractivity contribution is 5.33. The van der Waals surface area contributed by atoms with E-state index in [-0.39, 0.29) is 12.3 Å². The molecule has 0 amide bonds. The lowest BCUT2D eigenvalue weighted by atomic mass is 10.1. The molecule has 1 unspecified atom stereocenters. The zero-order valence-electron chi connectivity index (χ0n) is 7.87. The minimum absolute atomic E-state index is 0.204. The fourth-order valence-electron chi connectivity index (χ4n) is 1.16. The molecule has 1 rings (SSSR count). The van der Waals surface area contributed by atoms with Crippen LogP contribution in [0.3, 0.4) is 0 Å². The zero-order chi connectivity index (χ0) is 11.3. The molecular formula is C11H9FN2O. The Morgan fingerprint density at radius 1 is 1.53 bits per heavy atom. The van der Waals surface area contributed by atoms with Gasteiger partial charge in [-0.1, -0.05) is 5.92 Å². The number of nitriles is 1. The Bertz CT molecular complexity index is 411. The standard InChI is InChI=1S/C11H9FN2O/c1-2-3-14-11(7-13)8-4-9(12)6-10(15)5-8/h1,4-6,11,14-15H,3H2. The summed E-state index contributed by atoms with van der Waals surface area (Å²) in [6.45, 7) is 0.204. The van der Waals surface area contributed by atoms with E-state index in [1.54, 1.807) is 0 Å². The molecule has 0 heterocycles. The number of phenols is 1. The Morgan fingerprint density at radius 2 is 2.27 bits per heavy atom. The summed E-state index contributed by atoms with van der Waals surface area (Å²) in [6.07, 6.45) is 5.02. The van der Waals surface area contributed by atoms with Crippen LogP contribution in [0.4, 0.5) is 4.39 Å². The summed E-state index contributed by atoms with van der Waals surface area (Å²) in [5.74, 6) is 1.51. The van der Waals surface area contributed by atoms with Crippen molar-refractivity contribution in [2.75, 3.05) is 6.54 Å². The van der Waals surface area contributed by atoms with Crippen LogP contribution in [0.5, 0.6) is 5.75 Å². The second-order valence-corrected chi connectivity index (χ2v) is 2.89. The third kappa shape index (κ3) is 2.98. The molecule has 2 N–H and O–H groups in total. The van der Waals surface area contributed by atoms with Crippen molar-refractivity contribution in [2.45, 2.75) is 6.04 Å². The number of terminal acetylenes is 1. The first-order chi connectivity index (χ1) is 7.17. The minimum atomic E-state index is -0.720. The van der Waals surface area contributed by atoms with Gasteiger partial charge < -0.3 is 5.11 Å². The Labute approximate surface area is 87.2 Å². The third-order valence-electron chi connectivity index (χ3n) is 1.78. The van der Waals surface area contributed by atoms with Gasteiger partial charge in [0.2, 0.25) is 0 Å². The van der Waals surface area contributed by atoms with Gasteiger partial charge in [0.1, 0.15) is 17.6 Å². The fourth-order valence-corrected chi connectivity index (χ4v) is 1.16. The predicted octanol–water partition coefficient (Wildman–Crippen LogP) is 1.32. The number of hydrogen-bond acceptors (Lipinski definition) is 3.